The predicted octanol–water partition coefficient (Wildman–Crippen LogP) is 17.8. The predicted molar refractivity (Wildman–Crippen MR) is 279 cm³/mol. The normalized spacial score (nSPS) is 12.8. The average Bonchev–Trinajstić information content (AvgIpc) is 3.30. The second-order valence-electron chi connectivity index (χ2n) is 17.4. The number of hydrogen-bond acceptors (Lipinski definition) is 6. The molecule has 0 amide bonds. The van der Waals surface area contributed by atoms with E-state index in [1.54, 1.807) is 0 Å². The van der Waals surface area contributed by atoms with E-state index in [9.17, 15) is 14.4 Å². The van der Waals surface area contributed by atoms with E-state index in [1.165, 1.54) is 96.3 Å². The lowest BCUT2D eigenvalue weighted by Crippen LogP contribution is -2.30. The van der Waals surface area contributed by atoms with E-state index in [0.29, 0.717) is 25.7 Å². The molecule has 0 aromatic rings. The Hall–Kier alpha value is -3.67. The van der Waals surface area contributed by atoms with Gasteiger partial charge in [-0.2, -0.15) is 0 Å². The van der Waals surface area contributed by atoms with Crippen LogP contribution in [0.25, 0.3) is 0 Å². The van der Waals surface area contributed by atoms with Crippen LogP contribution in [0.4, 0.5) is 0 Å². The maximum atomic E-state index is 12.8. The van der Waals surface area contributed by atoms with Crippen molar-refractivity contribution in [3.8, 4) is 0 Å². The van der Waals surface area contributed by atoms with Crippen molar-refractivity contribution in [1.82, 2.24) is 0 Å². The molecule has 0 heterocycles. The summed E-state index contributed by atoms with van der Waals surface area (Å²) < 4.78 is 16.7. The Morgan fingerprint density at radius 1 is 0.323 bits per heavy atom. The topological polar surface area (TPSA) is 78.9 Å². The SMILES string of the molecule is CC/C=C\C/C=C\C/C=C\C/C=C\CCCCC(=O)OC[C@H](COC(=O)CCC/C=C\C/C=C\C/C=C\CCCCCCCC)OC(=O)CCCCCCC/C=C\CCCCCCCC. The van der Waals surface area contributed by atoms with Gasteiger partial charge in [0.25, 0.3) is 0 Å². The quantitative estimate of drug-likeness (QED) is 0.0262. The molecular weight excluding hydrogens is 805 g/mol. The standard InChI is InChI=1S/C59H98O6/c1-4-7-10-13-16-19-22-25-28-29-32-34-37-40-43-46-49-52-58(61)64-55-56(65-59(62)53-50-47-44-41-38-35-31-27-24-21-18-15-12-9-6-3)54-63-57(60)51-48-45-42-39-36-33-30-26-23-20-17-14-11-8-5-2/h8,11,17,20,25-28,30-32,34,36,39-40,43,56H,4-7,9-10,12-16,18-19,21-24,29,33,35,37-38,41-42,44-55H2,1-3H3/b11-8-,20-17-,28-25-,30-26-,31-27-,34-32-,39-36-,43-40-/t56-/m1/s1. The number of allylic oxidation sites excluding steroid dienone is 16. The van der Waals surface area contributed by atoms with Gasteiger partial charge < -0.3 is 14.2 Å². The first kappa shape index (κ1) is 61.3. The van der Waals surface area contributed by atoms with Crippen molar-refractivity contribution in [2.75, 3.05) is 13.2 Å². The summed E-state index contributed by atoms with van der Waals surface area (Å²) in [5.41, 5.74) is 0. The Bertz CT molecular complexity index is 1310. The summed E-state index contributed by atoms with van der Waals surface area (Å²) >= 11 is 0. The Kier molecular flexibility index (Phi) is 50.0. The molecule has 6 nitrogen and oxygen atoms in total. The van der Waals surface area contributed by atoms with Gasteiger partial charge in [0.15, 0.2) is 6.10 Å². The van der Waals surface area contributed by atoms with E-state index in [2.05, 4.69) is 118 Å². The molecule has 0 aliphatic carbocycles. The molecular formula is C59H98O6. The van der Waals surface area contributed by atoms with Crippen molar-refractivity contribution in [2.45, 2.75) is 245 Å². The van der Waals surface area contributed by atoms with Crippen LogP contribution in [0.5, 0.6) is 0 Å². The van der Waals surface area contributed by atoms with Gasteiger partial charge in [-0.1, -0.05) is 201 Å². The molecule has 0 aliphatic heterocycles. The molecule has 0 rings (SSSR count). The Morgan fingerprint density at radius 2 is 0.615 bits per heavy atom. The molecule has 6 heteroatoms. The van der Waals surface area contributed by atoms with Crippen molar-refractivity contribution in [3.63, 3.8) is 0 Å². The smallest absolute Gasteiger partial charge is 0.306 e. The van der Waals surface area contributed by atoms with Gasteiger partial charge in [-0.3, -0.25) is 14.4 Å². The van der Waals surface area contributed by atoms with E-state index in [-0.39, 0.29) is 37.5 Å². The van der Waals surface area contributed by atoms with Crippen LogP contribution in [0.15, 0.2) is 97.2 Å². The number of carbonyl (C=O) groups excluding carboxylic acids is 3. The van der Waals surface area contributed by atoms with E-state index in [0.717, 1.165) is 89.9 Å². The highest BCUT2D eigenvalue weighted by Crippen LogP contribution is 2.13. The largest absolute Gasteiger partial charge is 0.462 e. The summed E-state index contributed by atoms with van der Waals surface area (Å²) in [6.07, 6.45) is 69.7. The van der Waals surface area contributed by atoms with E-state index in [1.807, 2.05) is 0 Å². The van der Waals surface area contributed by atoms with Crippen LogP contribution >= 0.6 is 0 Å². The number of unbranched alkanes of at least 4 members (excludes halogenated alkanes) is 20. The molecule has 0 saturated carbocycles. The number of ether oxygens (including phenoxy) is 3. The van der Waals surface area contributed by atoms with Crippen LogP contribution in [-0.4, -0.2) is 37.2 Å². The lowest BCUT2D eigenvalue weighted by Gasteiger charge is -2.18. The number of esters is 3. The zero-order valence-corrected chi connectivity index (χ0v) is 42.2. The molecule has 1 atom stereocenters. The lowest BCUT2D eigenvalue weighted by atomic mass is 10.1. The summed E-state index contributed by atoms with van der Waals surface area (Å²) in [5.74, 6) is -1.02. The fourth-order valence-corrected chi connectivity index (χ4v) is 7.03. The first-order chi connectivity index (χ1) is 32.0. The minimum absolute atomic E-state index is 0.119. The van der Waals surface area contributed by atoms with Gasteiger partial charge in [-0.15, -0.1) is 0 Å². The van der Waals surface area contributed by atoms with Gasteiger partial charge in [-0.25, -0.2) is 0 Å². The Morgan fingerprint density at radius 3 is 1.05 bits per heavy atom. The third kappa shape index (κ3) is 51.2. The van der Waals surface area contributed by atoms with Crippen molar-refractivity contribution >= 4 is 17.9 Å². The van der Waals surface area contributed by atoms with E-state index < -0.39 is 6.10 Å². The lowest BCUT2D eigenvalue weighted by molar-refractivity contribution is -0.167. The third-order valence-electron chi connectivity index (χ3n) is 11.0. The molecule has 65 heavy (non-hydrogen) atoms. The first-order valence-electron chi connectivity index (χ1n) is 26.7. The van der Waals surface area contributed by atoms with Crippen molar-refractivity contribution in [3.05, 3.63) is 97.2 Å². The molecule has 0 aromatic carbocycles. The van der Waals surface area contributed by atoms with E-state index >= 15 is 0 Å². The maximum Gasteiger partial charge on any atom is 0.306 e. The Balaban J connectivity index is 4.54. The summed E-state index contributed by atoms with van der Waals surface area (Å²) in [5, 5.41) is 0. The Labute approximate surface area is 400 Å². The highest BCUT2D eigenvalue weighted by molar-refractivity contribution is 5.71. The number of hydrogen-bond donors (Lipinski definition) is 0. The molecule has 0 saturated heterocycles. The number of rotatable bonds is 47. The van der Waals surface area contributed by atoms with Crippen LogP contribution in [0, 0.1) is 0 Å². The molecule has 0 bridgehead atoms. The highest BCUT2D eigenvalue weighted by Gasteiger charge is 2.19. The molecule has 0 N–H and O–H groups in total. The van der Waals surface area contributed by atoms with Crippen LogP contribution < -0.4 is 0 Å². The summed E-state index contributed by atoms with van der Waals surface area (Å²) in [4.78, 5) is 38.0. The van der Waals surface area contributed by atoms with Gasteiger partial charge in [0.05, 0.1) is 0 Å². The van der Waals surface area contributed by atoms with Gasteiger partial charge in [0, 0.05) is 19.3 Å². The zero-order chi connectivity index (χ0) is 47.2. The van der Waals surface area contributed by atoms with Gasteiger partial charge in [0.1, 0.15) is 13.2 Å². The molecule has 370 valence electrons. The molecule has 0 spiro atoms. The molecule has 0 aromatic heterocycles. The summed E-state index contributed by atoms with van der Waals surface area (Å²) in [6, 6.07) is 0. The minimum Gasteiger partial charge on any atom is -0.462 e. The van der Waals surface area contributed by atoms with Crippen LogP contribution in [-0.2, 0) is 28.6 Å². The summed E-state index contributed by atoms with van der Waals surface area (Å²) in [7, 11) is 0. The van der Waals surface area contributed by atoms with Gasteiger partial charge >= 0.3 is 17.9 Å². The van der Waals surface area contributed by atoms with Gasteiger partial charge in [0.2, 0.25) is 0 Å². The van der Waals surface area contributed by atoms with Crippen LogP contribution in [0.2, 0.25) is 0 Å². The van der Waals surface area contributed by atoms with E-state index in [4.69, 9.17) is 14.2 Å². The molecule has 0 fully saturated rings. The summed E-state index contributed by atoms with van der Waals surface area (Å²) in [6.45, 7) is 6.42. The van der Waals surface area contributed by atoms with Crippen LogP contribution in [0.1, 0.15) is 239 Å². The molecule has 0 aliphatic rings. The third-order valence-corrected chi connectivity index (χ3v) is 11.0. The fourth-order valence-electron chi connectivity index (χ4n) is 7.03. The van der Waals surface area contributed by atoms with Crippen molar-refractivity contribution < 1.29 is 28.6 Å². The molecule has 0 unspecified atom stereocenters. The second kappa shape index (κ2) is 52.9. The van der Waals surface area contributed by atoms with Crippen molar-refractivity contribution in [1.29, 1.82) is 0 Å². The molecule has 0 radical (unpaired) electrons. The van der Waals surface area contributed by atoms with Crippen molar-refractivity contribution in [2.24, 2.45) is 0 Å². The first-order valence-corrected chi connectivity index (χ1v) is 26.7. The van der Waals surface area contributed by atoms with Gasteiger partial charge in [-0.05, 0) is 116 Å². The average molecular weight is 903 g/mol. The minimum atomic E-state index is -0.819. The maximum absolute atomic E-state index is 12.8. The zero-order valence-electron chi connectivity index (χ0n) is 42.2. The monoisotopic (exact) mass is 903 g/mol. The highest BCUT2D eigenvalue weighted by atomic mass is 16.6. The number of carbonyl (C=O) groups is 3. The van der Waals surface area contributed by atoms with Crippen LogP contribution in [0.3, 0.4) is 0 Å². The second-order valence-corrected chi connectivity index (χ2v) is 17.4. The fraction of sp³-hybridized carbons (Fsp3) is 0.678.